The maximum atomic E-state index is 3.75. The molecular formula is C17H28N2. The zero-order valence-electron chi connectivity index (χ0n) is 13.1. The Hall–Kier alpha value is -1.02. The van der Waals surface area contributed by atoms with Crippen LogP contribution in [0, 0.1) is 33.1 Å². The highest BCUT2D eigenvalue weighted by molar-refractivity contribution is 5.62. The molecule has 0 unspecified atom stereocenters. The summed E-state index contributed by atoms with van der Waals surface area (Å²) in [6, 6.07) is 2.29. The van der Waals surface area contributed by atoms with E-state index >= 15 is 0 Å². The third kappa shape index (κ3) is 2.79. The molecule has 2 heteroatoms. The Labute approximate surface area is 118 Å². The van der Waals surface area contributed by atoms with Gasteiger partial charge in [-0.2, -0.15) is 0 Å². The van der Waals surface area contributed by atoms with Crippen molar-refractivity contribution < 1.29 is 0 Å². The Kier molecular flexibility index (Phi) is 4.19. The normalized spacial score (nSPS) is 17.1. The second kappa shape index (κ2) is 5.54. The molecule has 2 rings (SSSR count). The van der Waals surface area contributed by atoms with Crippen LogP contribution in [0.15, 0.2) is 6.07 Å². The second-order valence-electron chi connectivity index (χ2n) is 6.37. The molecule has 1 aliphatic carbocycles. The van der Waals surface area contributed by atoms with Crippen molar-refractivity contribution in [3.05, 3.63) is 28.3 Å². The minimum absolute atomic E-state index is 0.477. The predicted molar refractivity (Wildman–Crippen MR) is 84.1 cm³/mol. The zero-order chi connectivity index (χ0) is 14.0. The average Bonchev–Trinajstić information content (AvgIpc) is 2.33. The van der Waals surface area contributed by atoms with E-state index in [0.717, 1.165) is 13.1 Å². The summed E-state index contributed by atoms with van der Waals surface area (Å²) in [5.41, 5.74) is 7.43. The fourth-order valence-electron chi connectivity index (χ4n) is 3.23. The molecule has 1 aromatic carbocycles. The van der Waals surface area contributed by atoms with Gasteiger partial charge in [-0.1, -0.05) is 12.5 Å². The van der Waals surface area contributed by atoms with Crippen LogP contribution in [0.4, 0.5) is 5.69 Å². The molecule has 0 heterocycles. The molecule has 0 saturated heterocycles. The van der Waals surface area contributed by atoms with Crippen molar-refractivity contribution >= 4 is 5.69 Å². The van der Waals surface area contributed by atoms with E-state index in [0.29, 0.717) is 5.41 Å². The van der Waals surface area contributed by atoms with Gasteiger partial charge in [-0.25, -0.2) is 0 Å². The van der Waals surface area contributed by atoms with Crippen LogP contribution in [0.2, 0.25) is 0 Å². The summed E-state index contributed by atoms with van der Waals surface area (Å²) in [6.45, 7) is 11.1. The number of aryl methyl sites for hydroxylation is 2. The van der Waals surface area contributed by atoms with Crippen molar-refractivity contribution in [2.45, 2.75) is 47.0 Å². The summed E-state index contributed by atoms with van der Waals surface area (Å²) in [5, 5.41) is 7.11. The van der Waals surface area contributed by atoms with E-state index < -0.39 is 0 Å². The highest BCUT2D eigenvalue weighted by atomic mass is 14.9. The zero-order valence-corrected chi connectivity index (χ0v) is 13.1. The molecule has 1 saturated carbocycles. The molecule has 0 aliphatic heterocycles. The molecule has 2 N–H and O–H groups in total. The largest absolute Gasteiger partial charge is 0.384 e. The Morgan fingerprint density at radius 3 is 2.00 bits per heavy atom. The van der Waals surface area contributed by atoms with Crippen molar-refractivity contribution in [1.82, 2.24) is 5.32 Å². The third-order valence-electron chi connectivity index (χ3n) is 4.97. The van der Waals surface area contributed by atoms with Gasteiger partial charge in [0.15, 0.2) is 0 Å². The molecule has 1 fully saturated rings. The summed E-state index contributed by atoms with van der Waals surface area (Å²) in [6.07, 6.45) is 4.08. The standard InChI is InChI=1S/C17H28N2/c1-12-9-13(2)15(4)16(14(12)3)19-11-17(10-18-5)7-6-8-17/h9,18-19H,6-8,10-11H2,1-5H3. The maximum Gasteiger partial charge on any atom is 0.0405 e. The van der Waals surface area contributed by atoms with Crippen molar-refractivity contribution in [3.8, 4) is 0 Å². The van der Waals surface area contributed by atoms with Crippen LogP contribution in [0.25, 0.3) is 0 Å². The highest BCUT2D eigenvalue weighted by Gasteiger charge is 2.36. The van der Waals surface area contributed by atoms with Gasteiger partial charge in [-0.3, -0.25) is 0 Å². The van der Waals surface area contributed by atoms with Gasteiger partial charge in [-0.05, 0) is 69.8 Å². The lowest BCUT2D eigenvalue weighted by atomic mass is 9.68. The third-order valence-corrected chi connectivity index (χ3v) is 4.97. The first-order valence-electron chi connectivity index (χ1n) is 7.45. The van der Waals surface area contributed by atoms with E-state index in [4.69, 9.17) is 0 Å². The first-order chi connectivity index (χ1) is 8.99. The number of anilines is 1. The Balaban J connectivity index is 2.15. The van der Waals surface area contributed by atoms with E-state index in [1.54, 1.807) is 0 Å². The fourth-order valence-corrected chi connectivity index (χ4v) is 3.23. The van der Waals surface area contributed by atoms with Gasteiger partial charge in [0.2, 0.25) is 0 Å². The van der Waals surface area contributed by atoms with Crippen molar-refractivity contribution in [2.24, 2.45) is 5.41 Å². The van der Waals surface area contributed by atoms with Crippen molar-refractivity contribution in [1.29, 1.82) is 0 Å². The van der Waals surface area contributed by atoms with Crippen LogP contribution in [-0.4, -0.2) is 20.1 Å². The van der Waals surface area contributed by atoms with E-state index in [1.807, 2.05) is 0 Å². The van der Waals surface area contributed by atoms with Crippen LogP contribution in [0.1, 0.15) is 41.5 Å². The fraction of sp³-hybridized carbons (Fsp3) is 0.647. The maximum absolute atomic E-state index is 3.75. The van der Waals surface area contributed by atoms with E-state index in [9.17, 15) is 0 Å². The number of hydrogen-bond donors (Lipinski definition) is 2. The summed E-state index contributed by atoms with van der Waals surface area (Å²) < 4.78 is 0. The minimum atomic E-state index is 0.477. The predicted octanol–water partition coefficient (Wildman–Crippen LogP) is 3.72. The van der Waals surface area contributed by atoms with Gasteiger partial charge in [0.05, 0.1) is 0 Å². The molecule has 0 amide bonds. The second-order valence-corrected chi connectivity index (χ2v) is 6.37. The summed E-state index contributed by atoms with van der Waals surface area (Å²) in [4.78, 5) is 0. The monoisotopic (exact) mass is 260 g/mol. The quantitative estimate of drug-likeness (QED) is 0.843. The van der Waals surface area contributed by atoms with Gasteiger partial charge in [0.1, 0.15) is 0 Å². The van der Waals surface area contributed by atoms with Crippen LogP contribution in [-0.2, 0) is 0 Å². The van der Waals surface area contributed by atoms with Gasteiger partial charge in [0.25, 0.3) is 0 Å². The van der Waals surface area contributed by atoms with Crippen LogP contribution in [0.5, 0.6) is 0 Å². The number of benzene rings is 1. The molecule has 19 heavy (non-hydrogen) atoms. The van der Waals surface area contributed by atoms with Gasteiger partial charge >= 0.3 is 0 Å². The molecule has 1 aliphatic rings. The van der Waals surface area contributed by atoms with E-state index in [1.165, 1.54) is 47.2 Å². The first-order valence-corrected chi connectivity index (χ1v) is 7.45. The molecular weight excluding hydrogens is 232 g/mol. The van der Waals surface area contributed by atoms with E-state index in [-0.39, 0.29) is 0 Å². The number of hydrogen-bond acceptors (Lipinski definition) is 2. The summed E-state index contributed by atoms with van der Waals surface area (Å²) in [7, 11) is 2.06. The number of nitrogens with one attached hydrogen (secondary N) is 2. The molecule has 0 bridgehead atoms. The minimum Gasteiger partial charge on any atom is -0.384 e. The number of rotatable bonds is 5. The Morgan fingerprint density at radius 1 is 1.00 bits per heavy atom. The van der Waals surface area contributed by atoms with Crippen molar-refractivity contribution in [2.75, 3.05) is 25.5 Å². The molecule has 2 nitrogen and oxygen atoms in total. The van der Waals surface area contributed by atoms with Gasteiger partial charge in [0, 0.05) is 24.2 Å². The Morgan fingerprint density at radius 2 is 1.58 bits per heavy atom. The summed E-state index contributed by atoms with van der Waals surface area (Å²) in [5.74, 6) is 0. The molecule has 1 aromatic rings. The average molecular weight is 260 g/mol. The van der Waals surface area contributed by atoms with Crippen LogP contribution in [0.3, 0.4) is 0 Å². The highest BCUT2D eigenvalue weighted by Crippen LogP contribution is 2.41. The lowest BCUT2D eigenvalue weighted by molar-refractivity contribution is 0.151. The SMILES string of the molecule is CNCC1(CNc2c(C)c(C)cc(C)c2C)CCC1. The molecule has 0 radical (unpaired) electrons. The van der Waals surface area contributed by atoms with E-state index in [2.05, 4.69) is 51.4 Å². The Bertz CT molecular complexity index is 433. The van der Waals surface area contributed by atoms with Crippen LogP contribution < -0.4 is 10.6 Å². The molecule has 0 spiro atoms. The molecule has 106 valence electrons. The smallest absolute Gasteiger partial charge is 0.0405 e. The van der Waals surface area contributed by atoms with Crippen molar-refractivity contribution in [3.63, 3.8) is 0 Å². The summed E-state index contributed by atoms with van der Waals surface area (Å²) >= 11 is 0. The topological polar surface area (TPSA) is 24.1 Å². The van der Waals surface area contributed by atoms with Crippen LogP contribution >= 0.6 is 0 Å². The lowest BCUT2D eigenvalue weighted by Crippen LogP contribution is -2.44. The first kappa shape index (κ1) is 14.4. The molecule has 0 aromatic heterocycles. The lowest BCUT2D eigenvalue weighted by Gasteiger charge is -2.42. The van der Waals surface area contributed by atoms with Gasteiger partial charge < -0.3 is 10.6 Å². The molecule has 0 atom stereocenters. The van der Waals surface area contributed by atoms with Gasteiger partial charge in [-0.15, -0.1) is 0 Å².